The normalized spacial score (nSPS) is 19.7. The average Bonchev–Trinajstić information content (AvgIpc) is 2.48. The maximum absolute atomic E-state index is 6.20. The van der Waals surface area contributed by atoms with E-state index in [0.29, 0.717) is 5.41 Å². The summed E-state index contributed by atoms with van der Waals surface area (Å²) in [5, 5.41) is 3.59. The van der Waals surface area contributed by atoms with E-state index < -0.39 is 0 Å². The summed E-state index contributed by atoms with van der Waals surface area (Å²) in [6.45, 7) is 6.33. The molecule has 1 aromatic rings. The highest BCUT2D eigenvalue weighted by Crippen LogP contribution is 2.28. The molecule has 1 unspecified atom stereocenters. The maximum Gasteiger partial charge on any atom is 0.0471 e. The van der Waals surface area contributed by atoms with Gasteiger partial charge < -0.3 is 15.8 Å². The Bertz CT molecular complexity index is 374. The topological polar surface area (TPSA) is 47.3 Å². The molecule has 0 aliphatic carbocycles. The molecule has 0 aromatic heterocycles. The predicted molar refractivity (Wildman–Crippen MR) is 83.6 cm³/mol. The second-order valence-electron chi connectivity index (χ2n) is 6.26. The summed E-state index contributed by atoms with van der Waals surface area (Å²) in [5.41, 5.74) is 7.86. The van der Waals surface area contributed by atoms with Crippen molar-refractivity contribution in [1.82, 2.24) is 5.32 Å². The van der Waals surface area contributed by atoms with E-state index in [1.54, 1.807) is 0 Å². The van der Waals surface area contributed by atoms with Crippen LogP contribution in [-0.2, 0) is 4.74 Å². The van der Waals surface area contributed by atoms with Crippen molar-refractivity contribution < 1.29 is 4.74 Å². The summed E-state index contributed by atoms with van der Waals surface area (Å²) in [4.78, 5) is 0. The van der Waals surface area contributed by atoms with Gasteiger partial charge in [0.15, 0.2) is 0 Å². The summed E-state index contributed by atoms with van der Waals surface area (Å²) in [6, 6.07) is 10.5. The Morgan fingerprint density at radius 1 is 1.25 bits per heavy atom. The molecule has 0 saturated carbocycles. The number of hydrogen-bond acceptors (Lipinski definition) is 3. The van der Waals surface area contributed by atoms with Crippen molar-refractivity contribution in [3.8, 4) is 0 Å². The lowest BCUT2D eigenvalue weighted by molar-refractivity contribution is 0.0242. The van der Waals surface area contributed by atoms with E-state index in [2.05, 4.69) is 36.5 Å². The maximum atomic E-state index is 6.20. The van der Waals surface area contributed by atoms with Crippen LogP contribution < -0.4 is 11.1 Å². The average molecular weight is 276 g/mol. The summed E-state index contributed by atoms with van der Waals surface area (Å²) < 4.78 is 5.43. The first-order chi connectivity index (χ1) is 9.70. The molecule has 0 spiro atoms. The Kier molecular flexibility index (Phi) is 6.02. The van der Waals surface area contributed by atoms with E-state index in [1.165, 1.54) is 18.4 Å². The number of ether oxygens (including phenoxy) is 1. The molecule has 2 rings (SSSR count). The molecule has 0 bridgehead atoms. The van der Waals surface area contributed by atoms with Gasteiger partial charge in [0.25, 0.3) is 0 Å². The van der Waals surface area contributed by atoms with Gasteiger partial charge in [0.2, 0.25) is 0 Å². The van der Waals surface area contributed by atoms with E-state index >= 15 is 0 Å². The molecule has 1 saturated heterocycles. The van der Waals surface area contributed by atoms with Crippen LogP contribution in [-0.4, -0.2) is 26.3 Å². The van der Waals surface area contributed by atoms with Crippen LogP contribution in [0.1, 0.15) is 44.2 Å². The highest BCUT2D eigenvalue weighted by atomic mass is 16.5. The summed E-state index contributed by atoms with van der Waals surface area (Å²) in [6.07, 6.45) is 4.51. The minimum atomic E-state index is 0.164. The van der Waals surface area contributed by atoms with E-state index in [9.17, 15) is 0 Å². The molecule has 3 nitrogen and oxygen atoms in total. The zero-order chi connectivity index (χ0) is 14.3. The number of nitrogens with one attached hydrogen (secondary N) is 1. The second-order valence-corrected chi connectivity index (χ2v) is 6.26. The smallest absolute Gasteiger partial charge is 0.0471 e. The first-order valence-corrected chi connectivity index (χ1v) is 7.79. The summed E-state index contributed by atoms with van der Waals surface area (Å²) in [7, 11) is 0. The molecule has 1 aliphatic rings. The van der Waals surface area contributed by atoms with E-state index in [0.717, 1.165) is 39.1 Å². The summed E-state index contributed by atoms with van der Waals surface area (Å²) in [5.74, 6) is 0. The predicted octanol–water partition coefficient (Wildman–Crippen LogP) is 2.87. The Morgan fingerprint density at radius 2 is 1.95 bits per heavy atom. The fourth-order valence-corrected chi connectivity index (χ4v) is 2.75. The van der Waals surface area contributed by atoms with Gasteiger partial charge >= 0.3 is 0 Å². The molecular weight excluding hydrogens is 248 g/mol. The molecule has 20 heavy (non-hydrogen) atoms. The van der Waals surface area contributed by atoms with Gasteiger partial charge in [0.05, 0.1) is 0 Å². The third-order valence-electron chi connectivity index (χ3n) is 4.35. The van der Waals surface area contributed by atoms with Gasteiger partial charge in [-0.15, -0.1) is 0 Å². The largest absolute Gasteiger partial charge is 0.381 e. The van der Waals surface area contributed by atoms with Crippen molar-refractivity contribution >= 4 is 0 Å². The lowest BCUT2D eigenvalue weighted by Crippen LogP contribution is -2.37. The lowest BCUT2D eigenvalue weighted by Gasteiger charge is -2.33. The van der Waals surface area contributed by atoms with Gasteiger partial charge in [0.1, 0.15) is 0 Å². The van der Waals surface area contributed by atoms with Gasteiger partial charge in [-0.2, -0.15) is 0 Å². The van der Waals surface area contributed by atoms with Crippen molar-refractivity contribution in [3.05, 3.63) is 35.9 Å². The molecular formula is C17H28N2O. The molecule has 0 amide bonds. The first-order valence-electron chi connectivity index (χ1n) is 7.79. The minimum absolute atomic E-state index is 0.164. The van der Waals surface area contributed by atoms with Crippen LogP contribution in [0.25, 0.3) is 0 Å². The van der Waals surface area contributed by atoms with Crippen molar-refractivity contribution in [2.45, 2.75) is 38.6 Å². The van der Waals surface area contributed by atoms with Crippen LogP contribution in [0.2, 0.25) is 0 Å². The van der Waals surface area contributed by atoms with Gasteiger partial charge in [-0.1, -0.05) is 37.3 Å². The van der Waals surface area contributed by atoms with Crippen LogP contribution in [0.5, 0.6) is 0 Å². The third kappa shape index (κ3) is 4.89. The number of rotatable bonds is 7. The fourth-order valence-electron chi connectivity index (χ4n) is 2.75. The van der Waals surface area contributed by atoms with Crippen molar-refractivity contribution in [3.63, 3.8) is 0 Å². The zero-order valence-electron chi connectivity index (χ0n) is 12.6. The van der Waals surface area contributed by atoms with Crippen molar-refractivity contribution in [2.24, 2.45) is 11.1 Å². The van der Waals surface area contributed by atoms with Crippen LogP contribution in [0.3, 0.4) is 0 Å². The molecule has 1 atom stereocenters. The third-order valence-corrected chi connectivity index (χ3v) is 4.35. The number of hydrogen-bond donors (Lipinski definition) is 2. The highest BCUT2D eigenvalue weighted by Gasteiger charge is 2.26. The van der Waals surface area contributed by atoms with E-state index in [-0.39, 0.29) is 6.04 Å². The van der Waals surface area contributed by atoms with Crippen molar-refractivity contribution in [2.75, 3.05) is 26.3 Å². The van der Waals surface area contributed by atoms with Crippen LogP contribution in [0.15, 0.2) is 30.3 Å². The molecule has 1 aromatic carbocycles. The van der Waals surface area contributed by atoms with E-state index in [1.807, 2.05) is 6.07 Å². The molecule has 3 N–H and O–H groups in total. The van der Waals surface area contributed by atoms with Gasteiger partial charge in [-0.05, 0) is 43.2 Å². The van der Waals surface area contributed by atoms with Gasteiger partial charge in [-0.3, -0.25) is 0 Å². The SMILES string of the molecule is CC1(CNCCCC(N)c2ccccc2)CCOCC1. The van der Waals surface area contributed by atoms with Crippen LogP contribution in [0, 0.1) is 5.41 Å². The Hall–Kier alpha value is -0.900. The molecule has 1 fully saturated rings. The van der Waals surface area contributed by atoms with Gasteiger partial charge in [0, 0.05) is 25.8 Å². The Balaban J connectivity index is 1.59. The summed E-state index contributed by atoms with van der Waals surface area (Å²) >= 11 is 0. The molecule has 0 radical (unpaired) electrons. The Labute approximate surface area is 122 Å². The molecule has 1 heterocycles. The minimum Gasteiger partial charge on any atom is -0.381 e. The monoisotopic (exact) mass is 276 g/mol. The van der Waals surface area contributed by atoms with E-state index in [4.69, 9.17) is 10.5 Å². The highest BCUT2D eigenvalue weighted by molar-refractivity contribution is 5.18. The van der Waals surface area contributed by atoms with Crippen LogP contribution in [0.4, 0.5) is 0 Å². The molecule has 3 heteroatoms. The zero-order valence-corrected chi connectivity index (χ0v) is 12.6. The fraction of sp³-hybridized carbons (Fsp3) is 0.647. The molecule has 1 aliphatic heterocycles. The lowest BCUT2D eigenvalue weighted by atomic mass is 9.82. The van der Waals surface area contributed by atoms with Crippen LogP contribution >= 0.6 is 0 Å². The van der Waals surface area contributed by atoms with Gasteiger partial charge in [-0.25, -0.2) is 0 Å². The van der Waals surface area contributed by atoms with Crippen molar-refractivity contribution in [1.29, 1.82) is 0 Å². The standard InChI is InChI=1S/C17H28N2O/c1-17(9-12-20-13-10-17)14-19-11-5-8-16(18)15-6-3-2-4-7-15/h2-4,6-7,16,19H,5,8-14,18H2,1H3. The number of nitrogens with two attached hydrogens (primary N) is 1. The molecule has 112 valence electrons. The first kappa shape index (κ1) is 15.5. The quantitative estimate of drug-likeness (QED) is 0.753. The second kappa shape index (κ2) is 7.77. The number of benzene rings is 1. The Morgan fingerprint density at radius 3 is 2.65 bits per heavy atom.